The average molecular weight is 378 g/mol. The van der Waals surface area contributed by atoms with E-state index in [1.165, 1.54) is 18.0 Å². The van der Waals surface area contributed by atoms with Gasteiger partial charge < -0.3 is 25.3 Å². The fraction of sp³-hybridized carbons (Fsp3) is 0.385. The van der Waals surface area contributed by atoms with Crippen LogP contribution in [0.15, 0.2) is 40.0 Å². The van der Waals surface area contributed by atoms with Gasteiger partial charge in [-0.1, -0.05) is 0 Å². The number of aliphatic imine (C=N–C) groups is 1. The van der Waals surface area contributed by atoms with E-state index in [9.17, 15) is 14.5 Å². The molecule has 0 bridgehead atoms. The van der Waals surface area contributed by atoms with Crippen LogP contribution in [0.25, 0.3) is 0 Å². The zero-order chi connectivity index (χ0) is 18.3. The summed E-state index contributed by atoms with van der Waals surface area (Å²) in [5, 5.41) is 21.9. The van der Waals surface area contributed by atoms with Crippen LogP contribution in [0, 0.1) is 0 Å². The van der Waals surface area contributed by atoms with Crippen LogP contribution in [-0.2, 0) is 13.9 Å². The van der Waals surface area contributed by atoms with Crippen LogP contribution in [0.3, 0.4) is 0 Å². The van der Waals surface area contributed by atoms with Crippen LogP contribution in [0.1, 0.15) is 13.3 Å². The molecule has 0 atom stereocenters. The second kappa shape index (κ2) is 9.05. The minimum Gasteiger partial charge on any atom is -0.505 e. The largest absolute Gasteiger partial charge is 0.505 e. The summed E-state index contributed by atoms with van der Waals surface area (Å²) in [7, 11) is -4.69. The molecular formula is C13H19N2O7PS. The fourth-order valence-electron chi connectivity index (χ4n) is 1.68. The summed E-state index contributed by atoms with van der Waals surface area (Å²) in [5.74, 6) is -0.812. The third-order valence-electron chi connectivity index (χ3n) is 2.95. The molecular weight excluding hydrogens is 359 g/mol. The van der Waals surface area contributed by atoms with E-state index >= 15 is 0 Å². The van der Waals surface area contributed by atoms with Crippen LogP contribution < -0.4 is 5.32 Å². The first-order chi connectivity index (χ1) is 11.2. The van der Waals surface area contributed by atoms with E-state index < -0.39 is 20.4 Å². The molecule has 0 unspecified atom stereocenters. The summed E-state index contributed by atoms with van der Waals surface area (Å²) in [5.41, 5.74) is 0.649. The Morgan fingerprint density at radius 3 is 2.71 bits per heavy atom. The van der Waals surface area contributed by atoms with Gasteiger partial charge in [0.2, 0.25) is 0 Å². The van der Waals surface area contributed by atoms with Crippen LogP contribution in [0.2, 0.25) is 0 Å². The number of phosphoric acid groups is 1. The van der Waals surface area contributed by atoms with E-state index in [1.807, 2.05) is 6.26 Å². The highest BCUT2D eigenvalue weighted by molar-refractivity contribution is 7.98. The standard InChI is InChI=1S/C13H19N2O7PS/c1-8-12(16)10(6-15-11(13(17)18)3-4-24-2)9(5-14-8)7-22-23(19,20)21/h5-6,14,16H,3-4,7H2,1-2H3,(H,17,18)(H2,19,20,21)/b10-6-,15-11?. The molecule has 0 aromatic heterocycles. The Kier molecular flexibility index (Phi) is 7.71. The van der Waals surface area contributed by atoms with Crippen molar-refractivity contribution in [3.63, 3.8) is 0 Å². The fourth-order valence-corrected chi connectivity index (χ4v) is 2.39. The molecule has 0 aromatic rings. The lowest BCUT2D eigenvalue weighted by atomic mass is 10.0. The number of aliphatic hydroxyl groups is 1. The SMILES string of the molecule is CSCCC(=N/C=C1/C(COP(=O)(O)O)=CNC(C)=C1O)C(=O)O. The first kappa shape index (κ1) is 20.5. The summed E-state index contributed by atoms with van der Waals surface area (Å²) in [4.78, 5) is 32.6. The van der Waals surface area contributed by atoms with Crippen molar-refractivity contribution in [3.05, 3.63) is 35.0 Å². The number of aliphatic carboxylic acids is 1. The highest BCUT2D eigenvalue weighted by Crippen LogP contribution is 2.37. The van der Waals surface area contributed by atoms with Crippen LogP contribution in [0.4, 0.5) is 0 Å². The number of thioether (sulfide) groups is 1. The Balaban J connectivity index is 3.10. The van der Waals surface area contributed by atoms with Crippen molar-refractivity contribution >= 4 is 31.3 Å². The van der Waals surface area contributed by atoms with Gasteiger partial charge in [-0.2, -0.15) is 11.8 Å². The van der Waals surface area contributed by atoms with Crippen molar-refractivity contribution in [1.82, 2.24) is 5.32 Å². The van der Waals surface area contributed by atoms with Crippen LogP contribution >= 0.6 is 19.6 Å². The number of carboxylic acids is 1. The maximum absolute atomic E-state index is 11.2. The molecule has 1 aliphatic rings. The third kappa shape index (κ3) is 6.50. The molecule has 1 aliphatic heterocycles. The van der Waals surface area contributed by atoms with Crippen LogP contribution in [0.5, 0.6) is 0 Å². The number of dihydropyridines is 1. The molecule has 0 spiro atoms. The Bertz CT molecular complexity index is 663. The lowest BCUT2D eigenvalue weighted by molar-refractivity contribution is -0.129. The zero-order valence-electron chi connectivity index (χ0n) is 13.1. The molecule has 0 aliphatic carbocycles. The third-order valence-corrected chi connectivity index (χ3v) is 4.02. The molecule has 1 heterocycles. The summed E-state index contributed by atoms with van der Waals surface area (Å²) in [6.45, 7) is 1.10. The predicted octanol–water partition coefficient (Wildman–Crippen LogP) is 1.53. The quantitative estimate of drug-likeness (QED) is 0.313. The molecule has 0 radical (unpaired) electrons. The van der Waals surface area contributed by atoms with Gasteiger partial charge in [-0.25, -0.2) is 9.36 Å². The smallest absolute Gasteiger partial charge is 0.469 e. The maximum Gasteiger partial charge on any atom is 0.469 e. The molecule has 0 aromatic carbocycles. The van der Waals surface area contributed by atoms with Crippen molar-refractivity contribution < 1.29 is 33.9 Å². The van der Waals surface area contributed by atoms with E-state index in [-0.39, 0.29) is 29.0 Å². The molecule has 0 saturated carbocycles. The van der Waals surface area contributed by atoms with Gasteiger partial charge in [0.1, 0.15) is 11.5 Å². The Labute approximate surface area is 143 Å². The monoisotopic (exact) mass is 378 g/mol. The summed E-state index contributed by atoms with van der Waals surface area (Å²) in [6, 6.07) is 0. The van der Waals surface area contributed by atoms with Gasteiger partial charge in [0.15, 0.2) is 0 Å². The number of hydrogen-bond donors (Lipinski definition) is 5. The minimum absolute atomic E-state index is 0.0870. The van der Waals surface area contributed by atoms with Crippen molar-refractivity contribution in [2.45, 2.75) is 13.3 Å². The van der Waals surface area contributed by atoms with Gasteiger partial charge in [-0.3, -0.25) is 9.52 Å². The normalized spacial score (nSPS) is 17.8. The van der Waals surface area contributed by atoms with Gasteiger partial charge in [-0.15, -0.1) is 0 Å². The molecule has 0 saturated heterocycles. The molecule has 24 heavy (non-hydrogen) atoms. The zero-order valence-corrected chi connectivity index (χ0v) is 14.8. The van der Waals surface area contributed by atoms with E-state index in [0.29, 0.717) is 11.4 Å². The number of phosphoric ester groups is 1. The minimum atomic E-state index is -4.69. The summed E-state index contributed by atoms with van der Waals surface area (Å²) < 4.78 is 15.2. The van der Waals surface area contributed by atoms with Gasteiger partial charge in [0.05, 0.1) is 12.3 Å². The van der Waals surface area contributed by atoms with Crippen LogP contribution in [-0.4, -0.2) is 50.3 Å². The lowest BCUT2D eigenvalue weighted by Crippen LogP contribution is -2.18. The summed E-state index contributed by atoms with van der Waals surface area (Å²) >= 11 is 1.47. The van der Waals surface area contributed by atoms with Crippen molar-refractivity contribution in [2.24, 2.45) is 4.99 Å². The average Bonchev–Trinajstić information content (AvgIpc) is 2.48. The molecule has 11 heteroatoms. The number of aliphatic hydroxyl groups excluding tert-OH is 1. The number of nitrogens with zero attached hydrogens (tertiary/aromatic N) is 1. The molecule has 1 rings (SSSR count). The van der Waals surface area contributed by atoms with Crippen molar-refractivity contribution in [1.29, 1.82) is 0 Å². The first-order valence-corrected chi connectivity index (χ1v) is 9.63. The number of nitrogens with one attached hydrogen (secondary N) is 1. The van der Waals surface area contributed by atoms with Gasteiger partial charge in [-0.05, 0) is 18.9 Å². The van der Waals surface area contributed by atoms with E-state index in [2.05, 4.69) is 14.8 Å². The number of carbonyl (C=O) groups is 1. The maximum atomic E-state index is 11.2. The van der Waals surface area contributed by atoms with Gasteiger partial charge >= 0.3 is 13.8 Å². The summed E-state index contributed by atoms with van der Waals surface area (Å²) in [6.07, 6.45) is 4.62. The van der Waals surface area contributed by atoms with E-state index in [4.69, 9.17) is 14.9 Å². The topological polar surface area (TPSA) is 149 Å². The van der Waals surface area contributed by atoms with E-state index in [0.717, 1.165) is 6.20 Å². The van der Waals surface area contributed by atoms with Crippen molar-refractivity contribution in [3.8, 4) is 0 Å². The number of rotatable bonds is 8. The van der Waals surface area contributed by atoms with Gasteiger partial charge in [0.25, 0.3) is 0 Å². The second-order valence-electron chi connectivity index (χ2n) is 4.72. The highest BCUT2D eigenvalue weighted by Gasteiger charge is 2.22. The molecule has 134 valence electrons. The first-order valence-electron chi connectivity index (χ1n) is 6.71. The molecule has 0 amide bonds. The molecule has 9 nitrogen and oxygen atoms in total. The Morgan fingerprint density at radius 2 is 2.17 bits per heavy atom. The Morgan fingerprint density at radius 1 is 1.50 bits per heavy atom. The molecule has 0 fully saturated rings. The van der Waals surface area contributed by atoms with E-state index in [1.54, 1.807) is 6.92 Å². The lowest BCUT2D eigenvalue weighted by Gasteiger charge is -2.19. The number of carboxylic acid groups (broad SMARTS) is 1. The van der Waals surface area contributed by atoms with Crippen molar-refractivity contribution in [2.75, 3.05) is 18.6 Å². The number of allylic oxidation sites excluding steroid dienone is 2. The predicted molar refractivity (Wildman–Crippen MR) is 90.7 cm³/mol. The molecule has 5 N–H and O–H groups in total. The second-order valence-corrected chi connectivity index (χ2v) is 6.94. The van der Waals surface area contributed by atoms with Gasteiger partial charge in [0, 0.05) is 30.0 Å². The Hall–Kier alpha value is -1.58. The number of hydrogen-bond acceptors (Lipinski definition) is 7. The highest BCUT2D eigenvalue weighted by atomic mass is 32.2.